The van der Waals surface area contributed by atoms with E-state index in [9.17, 15) is 0 Å². The predicted octanol–water partition coefficient (Wildman–Crippen LogP) is 1.80. The van der Waals surface area contributed by atoms with E-state index in [1.54, 1.807) is 0 Å². The topological polar surface area (TPSA) is 46.2 Å². The van der Waals surface area contributed by atoms with Crippen LogP contribution in [-0.4, -0.2) is 11.7 Å². The molecule has 0 saturated heterocycles. The fourth-order valence-corrected chi connectivity index (χ4v) is 1.63. The Morgan fingerprint density at radius 3 is 2.50 bits per heavy atom. The van der Waals surface area contributed by atoms with Gasteiger partial charge in [-0.2, -0.15) is 0 Å². The molecule has 1 aromatic rings. The monoisotopic (exact) mass is 193 g/mol. The molecule has 0 aliphatic heterocycles. The first-order valence-corrected chi connectivity index (χ1v) is 5.21. The Morgan fingerprint density at radius 1 is 1.29 bits per heavy atom. The van der Waals surface area contributed by atoms with Crippen molar-refractivity contribution in [3.05, 3.63) is 34.9 Å². The Kier molecular flexibility index (Phi) is 4.11. The van der Waals surface area contributed by atoms with Crippen molar-refractivity contribution in [3.63, 3.8) is 0 Å². The SMILES string of the molecule is CCc1ccc(CC)c(C(N)CO)c1. The largest absolute Gasteiger partial charge is 0.394 e. The Morgan fingerprint density at radius 2 is 2.00 bits per heavy atom. The first-order chi connectivity index (χ1) is 6.72. The maximum absolute atomic E-state index is 9.05. The highest BCUT2D eigenvalue weighted by atomic mass is 16.3. The number of aryl methyl sites for hydroxylation is 2. The molecule has 0 radical (unpaired) electrons. The van der Waals surface area contributed by atoms with Gasteiger partial charge < -0.3 is 10.8 Å². The number of aliphatic hydroxyl groups is 1. The minimum Gasteiger partial charge on any atom is -0.394 e. The smallest absolute Gasteiger partial charge is 0.0624 e. The van der Waals surface area contributed by atoms with Crippen LogP contribution >= 0.6 is 0 Å². The number of hydrogen-bond acceptors (Lipinski definition) is 2. The Hall–Kier alpha value is -0.860. The lowest BCUT2D eigenvalue weighted by Crippen LogP contribution is -2.16. The van der Waals surface area contributed by atoms with Crippen molar-refractivity contribution in [3.8, 4) is 0 Å². The minimum absolute atomic E-state index is 0.0141. The molecule has 0 aliphatic carbocycles. The fraction of sp³-hybridized carbons (Fsp3) is 0.500. The van der Waals surface area contributed by atoms with E-state index in [2.05, 4.69) is 32.0 Å². The molecule has 0 fully saturated rings. The zero-order valence-electron chi connectivity index (χ0n) is 8.96. The van der Waals surface area contributed by atoms with Crippen LogP contribution in [0.4, 0.5) is 0 Å². The van der Waals surface area contributed by atoms with Gasteiger partial charge in [-0.15, -0.1) is 0 Å². The number of benzene rings is 1. The van der Waals surface area contributed by atoms with Crippen LogP contribution in [0.5, 0.6) is 0 Å². The third-order valence-corrected chi connectivity index (χ3v) is 2.60. The maximum atomic E-state index is 9.05. The van der Waals surface area contributed by atoms with E-state index >= 15 is 0 Å². The zero-order chi connectivity index (χ0) is 10.6. The van der Waals surface area contributed by atoms with E-state index in [0.29, 0.717) is 0 Å². The molecular formula is C12H19NO. The van der Waals surface area contributed by atoms with E-state index in [0.717, 1.165) is 18.4 Å². The van der Waals surface area contributed by atoms with Crippen molar-refractivity contribution < 1.29 is 5.11 Å². The molecule has 0 spiro atoms. The van der Waals surface area contributed by atoms with Gasteiger partial charge in [0.2, 0.25) is 0 Å². The minimum atomic E-state index is -0.239. The van der Waals surface area contributed by atoms with Gasteiger partial charge in [0.15, 0.2) is 0 Å². The van der Waals surface area contributed by atoms with Gasteiger partial charge in [-0.25, -0.2) is 0 Å². The second-order valence-electron chi connectivity index (χ2n) is 3.53. The molecule has 0 amide bonds. The molecule has 0 saturated carbocycles. The third kappa shape index (κ3) is 2.34. The van der Waals surface area contributed by atoms with Crippen molar-refractivity contribution in [1.82, 2.24) is 0 Å². The van der Waals surface area contributed by atoms with E-state index in [4.69, 9.17) is 10.8 Å². The molecule has 1 atom stereocenters. The van der Waals surface area contributed by atoms with Crippen molar-refractivity contribution in [2.75, 3.05) is 6.61 Å². The van der Waals surface area contributed by atoms with E-state index in [-0.39, 0.29) is 12.6 Å². The van der Waals surface area contributed by atoms with Crippen LogP contribution in [0.15, 0.2) is 18.2 Å². The summed E-state index contributed by atoms with van der Waals surface area (Å²) in [4.78, 5) is 0. The molecular weight excluding hydrogens is 174 g/mol. The quantitative estimate of drug-likeness (QED) is 0.766. The van der Waals surface area contributed by atoms with Crippen molar-refractivity contribution in [2.45, 2.75) is 32.7 Å². The molecule has 2 nitrogen and oxygen atoms in total. The van der Waals surface area contributed by atoms with Crippen LogP contribution in [0.2, 0.25) is 0 Å². The molecule has 0 heterocycles. The Balaban J connectivity index is 3.08. The summed E-state index contributed by atoms with van der Waals surface area (Å²) in [5, 5.41) is 9.05. The molecule has 2 heteroatoms. The molecule has 0 aliphatic rings. The zero-order valence-corrected chi connectivity index (χ0v) is 8.96. The van der Waals surface area contributed by atoms with Crippen LogP contribution in [-0.2, 0) is 12.8 Å². The summed E-state index contributed by atoms with van der Waals surface area (Å²) in [6.07, 6.45) is 1.97. The molecule has 1 aromatic carbocycles. The summed E-state index contributed by atoms with van der Waals surface area (Å²) < 4.78 is 0. The van der Waals surface area contributed by atoms with Gasteiger partial charge >= 0.3 is 0 Å². The number of aliphatic hydroxyl groups excluding tert-OH is 1. The standard InChI is InChI=1S/C12H19NO/c1-3-9-5-6-10(4-2)11(7-9)12(13)8-14/h5-7,12,14H,3-4,8,13H2,1-2H3. The van der Waals surface area contributed by atoms with Crippen LogP contribution in [0, 0.1) is 0 Å². The summed E-state index contributed by atoms with van der Waals surface area (Å²) in [6, 6.07) is 6.12. The molecule has 1 rings (SSSR count). The van der Waals surface area contributed by atoms with Gasteiger partial charge in [0, 0.05) is 0 Å². The third-order valence-electron chi connectivity index (χ3n) is 2.60. The van der Waals surface area contributed by atoms with Crippen LogP contribution in [0.25, 0.3) is 0 Å². The summed E-state index contributed by atoms with van der Waals surface area (Å²) in [5.74, 6) is 0. The normalized spacial score (nSPS) is 12.9. The van der Waals surface area contributed by atoms with Gasteiger partial charge in [0.1, 0.15) is 0 Å². The highest BCUT2D eigenvalue weighted by Gasteiger charge is 2.09. The average molecular weight is 193 g/mol. The molecule has 78 valence electrons. The van der Waals surface area contributed by atoms with Gasteiger partial charge in [0.05, 0.1) is 12.6 Å². The fourth-order valence-electron chi connectivity index (χ4n) is 1.63. The van der Waals surface area contributed by atoms with E-state index in [1.165, 1.54) is 11.1 Å². The summed E-state index contributed by atoms with van der Waals surface area (Å²) >= 11 is 0. The van der Waals surface area contributed by atoms with Crippen molar-refractivity contribution in [1.29, 1.82) is 0 Å². The molecule has 14 heavy (non-hydrogen) atoms. The van der Waals surface area contributed by atoms with Gasteiger partial charge in [-0.1, -0.05) is 32.0 Å². The van der Waals surface area contributed by atoms with Crippen molar-refractivity contribution in [2.24, 2.45) is 5.73 Å². The Bertz CT molecular complexity index is 296. The first-order valence-electron chi connectivity index (χ1n) is 5.21. The number of hydrogen-bond donors (Lipinski definition) is 2. The molecule has 3 N–H and O–H groups in total. The first kappa shape index (κ1) is 11.2. The van der Waals surface area contributed by atoms with Crippen LogP contribution in [0.3, 0.4) is 0 Å². The van der Waals surface area contributed by atoms with Gasteiger partial charge in [-0.3, -0.25) is 0 Å². The molecule has 0 aromatic heterocycles. The predicted molar refractivity (Wildman–Crippen MR) is 59.2 cm³/mol. The lowest BCUT2D eigenvalue weighted by atomic mass is 9.96. The van der Waals surface area contributed by atoms with Crippen LogP contribution in [0.1, 0.15) is 36.6 Å². The lowest BCUT2D eigenvalue weighted by Gasteiger charge is -2.14. The van der Waals surface area contributed by atoms with Crippen LogP contribution < -0.4 is 5.73 Å². The van der Waals surface area contributed by atoms with Gasteiger partial charge in [-0.05, 0) is 29.5 Å². The second-order valence-corrected chi connectivity index (χ2v) is 3.53. The maximum Gasteiger partial charge on any atom is 0.0624 e. The average Bonchev–Trinajstić information content (AvgIpc) is 2.27. The number of rotatable bonds is 4. The highest BCUT2D eigenvalue weighted by molar-refractivity contribution is 5.34. The van der Waals surface area contributed by atoms with Crippen molar-refractivity contribution >= 4 is 0 Å². The Labute approximate surface area is 85.8 Å². The van der Waals surface area contributed by atoms with Gasteiger partial charge in [0.25, 0.3) is 0 Å². The van der Waals surface area contributed by atoms with E-state index in [1.807, 2.05) is 0 Å². The summed E-state index contributed by atoms with van der Waals surface area (Å²) in [5.41, 5.74) is 9.45. The second kappa shape index (κ2) is 5.13. The number of nitrogens with two attached hydrogens (primary N) is 1. The summed E-state index contributed by atoms with van der Waals surface area (Å²) in [7, 11) is 0. The lowest BCUT2D eigenvalue weighted by molar-refractivity contribution is 0.267. The summed E-state index contributed by atoms with van der Waals surface area (Å²) in [6.45, 7) is 4.24. The molecule has 1 unspecified atom stereocenters. The molecule has 0 bridgehead atoms. The highest BCUT2D eigenvalue weighted by Crippen LogP contribution is 2.19. The van der Waals surface area contributed by atoms with E-state index < -0.39 is 0 Å².